The fourth-order valence-electron chi connectivity index (χ4n) is 14.5. The van der Waals surface area contributed by atoms with Gasteiger partial charge in [-0.05, 0) is 205 Å². The first-order chi connectivity index (χ1) is 36.2. The second-order valence-corrected chi connectivity index (χ2v) is 29.1. The lowest BCUT2D eigenvalue weighted by molar-refractivity contribution is 0.188. The van der Waals surface area contributed by atoms with Crippen molar-refractivity contribution in [2.45, 2.75) is 180 Å². The fraction of sp³-hybridized carbons (Fsp3) is 0.389. The highest BCUT2D eigenvalue weighted by Gasteiger charge is 2.51. The zero-order valence-corrected chi connectivity index (χ0v) is 48.8. The summed E-state index contributed by atoms with van der Waals surface area (Å²) in [5, 5.41) is 1.26. The molecule has 1 fully saturated rings. The van der Waals surface area contributed by atoms with E-state index in [2.05, 4.69) is 258 Å². The molecule has 7 aromatic carbocycles. The van der Waals surface area contributed by atoms with Crippen molar-refractivity contribution in [3.8, 4) is 0 Å². The van der Waals surface area contributed by atoms with Crippen molar-refractivity contribution in [3.63, 3.8) is 0 Å². The molecule has 392 valence electrons. The molecular weight excluding hydrogens is 934 g/mol. The van der Waals surface area contributed by atoms with E-state index < -0.39 is 0 Å². The third-order valence-electron chi connectivity index (χ3n) is 19.7. The molecule has 0 radical (unpaired) electrons. The summed E-state index contributed by atoms with van der Waals surface area (Å²) in [7, 11) is 0. The summed E-state index contributed by atoms with van der Waals surface area (Å²) >= 11 is 0. The highest BCUT2D eigenvalue weighted by Crippen LogP contribution is 2.58. The van der Waals surface area contributed by atoms with E-state index >= 15 is 0 Å². The van der Waals surface area contributed by atoms with Gasteiger partial charge in [0.15, 0.2) is 0 Å². The first-order valence-electron chi connectivity index (χ1n) is 29.0. The van der Waals surface area contributed by atoms with Gasteiger partial charge in [-0.2, -0.15) is 0 Å². The SMILES string of the molecule is CC(C)(C)c1cc(N2c3ccc(C(C)(C)C)cc3B3c4c2cc(N(c2ccccc2)c2ccccc2)cc4N(c2ccc4c(c2)C(C)(C)CCC4(C)C)c2oc4cc5c(cc4c23)C2(C)CCC5(C)CC2)cc(C(C)(C)C)c1. The number of para-hydroxylation sites is 2. The molecule has 2 bridgehead atoms. The van der Waals surface area contributed by atoms with Crippen LogP contribution in [0.4, 0.5) is 51.4 Å². The molecule has 4 aliphatic carbocycles. The molecule has 4 nitrogen and oxygen atoms in total. The molecule has 1 aromatic heterocycles. The van der Waals surface area contributed by atoms with Crippen LogP contribution in [0.2, 0.25) is 0 Å². The van der Waals surface area contributed by atoms with Crippen LogP contribution in [0.5, 0.6) is 0 Å². The molecule has 77 heavy (non-hydrogen) atoms. The zero-order chi connectivity index (χ0) is 54.1. The monoisotopic (exact) mass is 1010 g/mol. The standard InChI is InChI=1S/C72H80BN3O/c1-66(2,3)45-26-29-59-58(39-45)73-63-53-43-56-57(72(15)34-32-71(56,14)33-35-72)44-62(53)77-65(63)76(50-27-28-54-55(40-50)70(12,13)31-30-69(54,10)11)61-42-52(74(48-22-18-16-19-23-48)49-24-20-17-21-25-49)41-60(64(61)73)75(59)51-37-46(67(4,5)6)36-47(38-51)68(7,8)9/h16-29,36-44H,30-35H2,1-15H3. The Labute approximate surface area is 461 Å². The number of fused-ring (bicyclic) bond motifs is 9. The van der Waals surface area contributed by atoms with E-state index in [4.69, 9.17) is 4.42 Å². The Balaban J connectivity index is 1.21. The maximum absolute atomic E-state index is 7.80. The fourth-order valence-corrected chi connectivity index (χ4v) is 14.5. The third kappa shape index (κ3) is 7.73. The predicted molar refractivity (Wildman–Crippen MR) is 329 cm³/mol. The van der Waals surface area contributed by atoms with E-state index in [1.165, 1.54) is 103 Å². The summed E-state index contributed by atoms with van der Waals surface area (Å²) < 4.78 is 7.80. The maximum Gasteiger partial charge on any atom is 0.257 e. The molecule has 14 rings (SSSR count). The molecule has 6 aliphatic rings. The summed E-state index contributed by atoms with van der Waals surface area (Å²) in [6, 6.07) is 54.5. The minimum Gasteiger partial charge on any atom is -0.440 e. The molecule has 5 heteroatoms. The molecule has 0 atom stereocenters. The van der Waals surface area contributed by atoms with Crippen molar-refractivity contribution in [1.29, 1.82) is 0 Å². The van der Waals surface area contributed by atoms with Crippen molar-refractivity contribution in [3.05, 3.63) is 178 Å². The third-order valence-corrected chi connectivity index (χ3v) is 19.7. The normalized spacial score (nSPS) is 20.8. The number of nitrogens with zero attached hydrogens (tertiary/aromatic N) is 3. The van der Waals surface area contributed by atoms with Crippen LogP contribution in [0.25, 0.3) is 11.0 Å². The smallest absolute Gasteiger partial charge is 0.257 e. The van der Waals surface area contributed by atoms with Crippen LogP contribution in [0.1, 0.15) is 181 Å². The summed E-state index contributed by atoms with van der Waals surface area (Å²) in [4.78, 5) is 7.69. The Kier molecular flexibility index (Phi) is 10.8. The second kappa shape index (κ2) is 16.5. The highest BCUT2D eigenvalue weighted by atomic mass is 16.4. The molecule has 0 unspecified atom stereocenters. The van der Waals surface area contributed by atoms with Gasteiger partial charge < -0.3 is 14.2 Å². The van der Waals surface area contributed by atoms with Crippen LogP contribution in [0.15, 0.2) is 144 Å². The van der Waals surface area contributed by atoms with E-state index in [1.54, 1.807) is 0 Å². The van der Waals surface area contributed by atoms with E-state index in [-0.39, 0.29) is 44.6 Å². The Morgan fingerprint density at radius 2 is 0.961 bits per heavy atom. The maximum atomic E-state index is 7.80. The van der Waals surface area contributed by atoms with Gasteiger partial charge >= 0.3 is 0 Å². The largest absolute Gasteiger partial charge is 0.440 e. The lowest BCUT2D eigenvalue weighted by atomic mass is 9.33. The van der Waals surface area contributed by atoms with Crippen molar-refractivity contribution in [1.82, 2.24) is 0 Å². The van der Waals surface area contributed by atoms with Crippen LogP contribution in [-0.2, 0) is 37.9 Å². The molecular formula is C72H80BN3O. The average Bonchev–Trinajstić information content (AvgIpc) is 3.76. The lowest BCUT2D eigenvalue weighted by Crippen LogP contribution is -2.61. The molecule has 0 amide bonds. The van der Waals surface area contributed by atoms with Gasteiger partial charge in [-0.15, -0.1) is 0 Å². The molecule has 0 saturated heterocycles. The average molecular weight is 1010 g/mol. The summed E-state index contributed by atoms with van der Waals surface area (Å²) in [5.41, 5.74) is 24.2. The minimum absolute atomic E-state index is 0.000262. The second-order valence-electron chi connectivity index (χ2n) is 29.1. The number of rotatable bonds is 5. The number of benzene rings is 7. The number of anilines is 9. The van der Waals surface area contributed by atoms with Crippen LogP contribution >= 0.6 is 0 Å². The van der Waals surface area contributed by atoms with Crippen molar-refractivity contribution < 1.29 is 4.42 Å². The summed E-state index contributed by atoms with van der Waals surface area (Å²) in [5.74, 6) is 0.940. The molecule has 2 aliphatic heterocycles. The van der Waals surface area contributed by atoms with Gasteiger partial charge in [0.2, 0.25) is 5.88 Å². The van der Waals surface area contributed by atoms with Crippen molar-refractivity contribution >= 4 is 85.5 Å². The number of hydrogen-bond acceptors (Lipinski definition) is 4. The summed E-state index contributed by atoms with van der Waals surface area (Å²) in [6.45, 7) is 36.1. The van der Waals surface area contributed by atoms with Gasteiger partial charge in [0, 0.05) is 50.7 Å². The van der Waals surface area contributed by atoms with E-state index in [9.17, 15) is 0 Å². The first-order valence-corrected chi connectivity index (χ1v) is 29.0. The Morgan fingerprint density at radius 1 is 0.429 bits per heavy atom. The van der Waals surface area contributed by atoms with E-state index in [0.29, 0.717) is 0 Å². The number of furan rings is 1. The van der Waals surface area contributed by atoms with Crippen LogP contribution in [0.3, 0.4) is 0 Å². The van der Waals surface area contributed by atoms with Gasteiger partial charge in [0.25, 0.3) is 6.71 Å². The van der Waals surface area contributed by atoms with Crippen molar-refractivity contribution in [2.75, 3.05) is 14.7 Å². The minimum atomic E-state index is -0.125. The quantitative estimate of drug-likeness (QED) is 0.160. The van der Waals surface area contributed by atoms with Gasteiger partial charge in [-0.1, -0.05) is 165 Å². The van der Waals surface area contributed by atoms with Gasteiger partial charge in [0.1, 0.15) is 5.58 Å². The molecule has 0 spiro atoms. The predicted octanol–water partition coefficient (Wildman–Crippen LogP) is 18.3. The van der Waals surface area contributed by atoms with Gasteiger partial charge in [-0.3, -0.25) is 4.90 Å². The Bertz CT molecular complexity index is 3630. The van der Waals surface area contributed by atoms with E-state index in [0.717, 1.165) is 52.7 Å². The Morgan fingerprint density at radius 3 is 1.52 bits per heavy atom. The van der Waals surface area contributed by atoms with Crippen LogP contribution in [0, 0.1) is 0 Å². The van der Waals surface area contributed by atoms with Crippen molar-refractivity contribution in [2.24, 2.45) is 0 Å². The molecule has 1 saturated carbocycles. The summed E-state index contributed by atoms with van der Waals surface area (Å²) in [6.07, 6.45) is 7.20. The first kappa shape index (κ1) is 50.1. The lowest BCUT2D eigenvalue weighted by Gasteiger charge is -2.52. The van der Waals surface area contributed by atoms with Gasteiger partial charge in [0.05, 0.1) is 5.69 Å². The van der Waals surface area contributed by atoms with Crippen LogP contribution in [-0.4, -0.2) is 6.71 Å². The zero-order valence-electron chi connectivity index (χ0n) is 48.8. The Hall–Kier alpha value is -6.46. The topological polar surface area (TPSA) is 22.9 Å². The molecule has 0 N–H and O–H groups in total. The van der Waals surface area contributed by atoms with Gasteiger partial charge in [-0.25, -0.2) is 0 Å². The number of hydrogen-bond donors (Lipinski definition) is 0. The highest BCUT2D eigenvalue weighted by molar-refractivity contribution is 7.01. The molecule has 8 aromatic rings. The molecule has 3 heterocycles. The van der Waals surface area contributed by atoms with E-state index in [1.807, 2.05) is 0 Å². The van der Waals surface area contributed by atoms with Crippen LogP contribution < -0.4 is 31.1 Å².